The van der Waals surface area contributed by atoms with Crippen LogP contribution in [0.5, 0.6) is 5.75 Å². The number of aromatic nitrogens is 2. The fraction of sp³-hybridized carbons (Fsp3) is 0.208. The normalized spacial score (nSPS) is 11.1. The quantitative estimate of drug-likeness (QED) is 0.469. The number of nitrogen functional groups attached to an aromatic ring is 1. The van der Waals surface area contributed by atoms with Crippen molar-refractivity contribution in [2.75, 3.05) is 12.3 Å². The minimum Gasteiger partial charge on any atom is -0.482 e. The average molecular weight is 401 g/mol. The molecule has 0 bridgehead atoms. The molecule has 3 N–H and O–H groups in total. The molecule has 0 saturated carbocycles. The molecule has 0 fully saturated rings. The molecule has 0 unspecified atom stereocenters. The summed E-state index contributed by atoms with van der Waals surface area (Å²) in [5, 5.41) is 10.9. The van der Waals surface area contributed by atoms with Crippen LogP contribution in [0, 0.1) is 13.8 Å². The van der Waals surface area contributed by atoms with Gasteiger partial charge in [-0.3, -0.25) is 4.98 Å². The van der Waals surface area contributed by atoms with Crippen molar-refractivity contribution in [1.82, 2.24) is 9.97 Å². The van der Waals surface area contributed by atoms with Crippen molar-refractivity contribution in [2.24, 2.45) is 0 Å². The van der Waals surface area contributed by atoms with Crippen LogP contribution in [0.3, 0.4) is 0 Å². The maximum Gasteiger partial charge on any atom is 0.341 e. The molecule has 0 aliphatic rings. The number of carbonyl (C=O) groups is 1. The first-order valence-electron chi connectivity index (χ1n) is 9.80. The predicted octanol–water partition coefficient (Wildman–Crippen LogP) is 4.23. The van der Waals surface area contributed by atoms with Crippen molar-refractivity contribution in [3.63, 3.8) is 0 Å². The van der Waals surface area contributed by atoms with Crippen molar-refractivity contribution < 1.29 is 14.6 Å². The second kappa shape index (κ2) is 7.99. The number of aliphatic carboxylic acids is 1. The van der Waals surface area contributed by atoms with Gasteiger partial charge in [-0.15, -0.1) is 0 Å². The third kappa shape index (κ3) is 3.89. The lowest BCUT2D eigenvalue weighted by atomic mass is 9.96. The minimum atomic E-state index is -0.988. The molecular formula is C24H23N3O3. The molecule has 2 aromatic heterocycles. The predicted molar refractivity (Wildman–Crippen MR) is 118 cm³/mol. The van der Waals surface area contributed by atoms with E-state index >= 15 is 0 Å². The fourth-order valence-corrected chi connectivity index (χ4v) is 3.79. The second-order valence-corrected chi connectivity index (χ2v) is 7.48. The van der Waals surface area contributed by atoms with Gasteiger partial charge in [-0.1, -0.05) is 18.2 Å². The van der Waals surface area contributed by atoms with Gasteiger partial charge in [0.2, 0.25) is 0 Å². The Bertz CT molecular complexity index is 1270. The highest BCUT2D eigenvalue weighted by Gasteiger charge is 2.12. The van der Waals surface area contributed by atoms with Crippen LogP contribution < -0.4 is 10.5 Å². The molecule has 0 aliphatic heterocycles. The molecule has 6 nitrogen and oxygen atoms in total. The molecule has 6 heteroatoms. The van der Waals surface area contributed by atoms with Crippen LogP contribution in [0.1, 0.15) is 22.3 Å². The monoisotopic (exact) mass is 401 g/mol. The molecule has 0 aliphatic carbocycles. The van der Waals surface area contributed by atoms with Gasteiger partial charge in [0.25, 0.3) is 0 Å². The lowest BCUT2D eigenvalue weighted by Gasteiger charge is -2.13. The van der Waals surface area contributed by atoms with Crippen LogP contribution in [-0.4, -0.2) is 27.7 Å². The van der Waals surface area contributed by atoms with Gasteiger partial charge >= 0.3 is 5.97 Å². The van der Waals surface area contributed by atoms with Gasteiger partial charge in [0, 0.05) is 17.0 Å². The topological polar surface area (TPSA) is 98.3 Å². The summed E-state index contributed by atoms with van der Waals surface area (Å²) in [6, 6.07) is 13.9. The molecule has 0 amide bonds. The van der Waals surface area contributed by atoms with Crippen molar-refractivity contribution >= 4 is 33.6 Å². The van der Waals surface area contributed by atoms with Crippen molar-refractivity contribution in [2.45, 2.75) is 26.7 Å². The van der Waals surface area contributed by atoms with E-state index in [1.165, 1.54) is 11.1 Å². The first-order valence-corrected chi connectivity index (χ1v) is 9.80. The number of benzene rings is 2. The van der Waals surface area contributed by atoms with Crippen LogP contribution >= 0.6 is 0 Å². The number of pyridine rings is 2. The molecule has 4 rings (SSSR count). The van der Waals surface area contributed by atoms with E-state index in [4.69, 9.17) is 15.6 Å². The zero-order valence-corrected chi connectivity index (χ0v) is 17.0. The minimum absolute atomic E-state index is 0.343. The number of aryl methyl sites for hydroxylation is 4. The average Bonchev–Trinajstić information content (AvgIpc) is 2.71. The zero-order valence-electron chi connectivity index (χ0n) is 17.0. The largest absolute Gasteiger partial charge is 0.482 e. The SMILES string of the molecule is Cc1ccc2c(c1)nc(N)c1nccc(CCc3ccc(OCC(=O)O)cc3C)c12. The highest BCUT2D eigenvalue weighted by molar-refractivity contribution is 6.09. The van der Waals surface area contributed by atoms with E-state index in [0.29, 0.717) is 11.6 Å². The van der Waals surface area contributed by atoms with Crippen LogP contribution in [0.2, 0.25) is 0 Å². The van der Waals surface area contributed by atoms with Gasteiger partial charge in [0.1, 0.15) is 11.3 Å². The summed E-state index contributed by atoms with van der Waals surface area (Å²) in [4.78, 5) is 19.7. The first kappa shape index (κ1) is 19.6. The Morgan fingerprint density at radius 2 is 1.87 bits per heavy atom. The Balaban J connectivity index is 1.66. The first-order chi connectivity index (χ1) is 14.4. The maximum atomic E-state index is 10.7. The van der Waals surface area contributed by atoms with Crippen LogP contribution in [0.4, 0.5) is 5.82 Å². The zero-order chi connectivity index (χ0) is 21.3. The number of anilines is 1. The van der Waals surface area contributed by atoms with E-state index < -0.39 is 5.97 Å². The Morgan fingerprint density at radius 1 is 1.07 bits per heavy atom. The van der Waals surface area contributed by atoms with Gasteiger partial charge in [-0.2, -0.15) is 0 Å². The number of nitrogens with zero attached hydrogens (tertiary/aromatic N) is 2. The summed E-state index contributed by atoms with van der Waals surface area (Å²) < 4.78 is 5.27. The molecule has 4 aromatic rings. The molecule has 0 atom stereocenters. The highest BCUT2D eigenvalue weighted by Crippen LogP contribution is 2.30. The lowest BCUT2D eigenvalue weighted by molar-refractivity contribution is -0.139. The summed E-state index contributed by atoms with van der Waals surface area (Å²) >= 11 is 0. The number of fused-ring (bicyclic) bond motifs is 3. The van der Waals surface area contributed by atoms with Gasteiger partial charge in [-0.05, 0) is 73.2 Å². The highest BCUT2D eigenvalue weighted by atomic mass is 16.5. The molecule has 0 spiro atoms. The lowest BCUT2D eigenvalue weighted by Crippen LogP contribution is -2.09. The molecule has 2 aromatic carbocycles. The Kier molecular flexibility index (Phi) is 5.23. The maximum absolute atomic E-state index is 10.7. The third-order valence-electron chi connectivity index (χ3n) is 5.28. The molecular weight excluding hydrogens is 378 g/mol. The molecule has 0 radical (unpaired) electrons. The Hall–Kier alpha value is -3.67. The molecule has 30 heavy (non-hydrogen) atoms. The van der Waals surface area contributed by atoms with Crippen molar-refractivity contribution in [3.8, 4) is 5.75 Å². The van der Waals surface area contributed by atoms with Crippen LogP contribution in [0.15, 0.2) is 48.7 Å². The fourth-order valence-electron chi connectivity index (χ4n) is 3.79. The standard InChI is InChI=1S/C24H23N3O3/c1-14-3-8-19-20(11-14)27-24(25)23-22(19)17(9-10-26-23)5-4-16-6-7-18(12-15(16)2)30-13-21(28)29/h3,6-12H,4-5,13H2,1-2H3,(H2,25,27)(H,28,29). The number of rotatable bonds is 6. The number of ether oxygens (including phenoxy) is 1. The van der Waals surface area contributed by atoms with E-state index in [1.807, 2.05) is 44.2 Å². The summed E-state index contributed by atoms with van der Waals surface area (Å²) in [7, 11) is 0. The third-order valence-corrected chi connectivity index (χ3v) is 5.28. The molecule has 152 valence electrons. The van der Waals surface area contributed by atoms with Gasteiger partial charge in [0.05, 0.1) is 5.52 Å². The van der Waals surface area contributed by atoms with Crippen LogP contribution in [-0.2, 0) is 17.6 Å². The summed E-state index contributed by atoms with van der Waals surface area (Å²) in [5.74, 6) is 0.0202. The van der Waals surface area contributed by atoms with E-state index in [9.17, 15) is 4.79 Å². The van der Waals surface area contributed by atoms with Crippen LogP contribution in [0.25, 0.3) is 21.8 Å². The van der Waals surface area contributed by atoms with E-state index in [-0.39, 0.29) is 6.61 Å². The smallest absolute Gasteiger partial charge is 0.341 e. The molecule has 2 heterocycles. The number of nitrogens with two attached hydrogens (primary N) is 1. The molecule has 0 saturated heterocycles. The summed E-state index contributed by atoms with van der Waals surface area (Å²) in [5.41, 5.74) is 12.4. The second-order valence-electron chi connectivity index (χ2n) is 7.48. The van der Waals surface area contributed by atoms with Gasteiger partial charge in [-0.25, -0.2) is 9.78 Å². The Morgan fingerprint density at radius 3 is 2.63 bits per heavy atom. The van der Waals surface area contributed by atoms with E-state index in [2.05, 4.69) is 22.1 Å². The number of hydrogen-bond acceptors (Lipinski definition) is 5. The number of hydrogen-bond donors (Lipinski definition) is 2. The number of carboxylic acid groups (broad SMARTS) is 1. The van der Waals surface area contributed by atoms with Gasteiger partial charge in [0.15, 0.2) is 12.4 Å². The van der Waals surface area contributed by atoms with Crippen molar-refractivity contribution in [1.29, 1.82) is 0 Å². The van der Waals surface area contributed by atoms with Gasteiger partial charge < -0.3 is 15.6 Å². The summed E-state index contributed by atoms with van der Waals surface area (Å²) in [6.45, 7) is 3.70. The summed E-state index contributed by atoms with van der Waals surface area (Å²) in [6.07, 6.45) is 3.44. The Labute approximate surface area is 174 Å². The van der Waals surface area contributed by atoms with E-state index in [1.54, 1.807) is 6.20 Å². The van der Waals surface area contributed by atoms with Crippen molar-refractivity contribution in [3.05, 3.63) is 70.9 Å². The van der Waals surface area contributed by atoms with E-state index in [0.717, 1.165) is 45.8 Å². The number of carboxylic acids is 1.